The van der Waals surface area contributed by atoms with E-state index in [0.29, 0.717) is 5.91 Å². The number of carbonyl (C=O) groups is 1. The van der Waals surface area contributed by atoms with E-state index in [1.54, 1.807) is 0 Å². The maximum atomic E-state index is 12.6. The fraction of sp³-hybridized carbons (Fsp3) is 0.667. The van der Waals surface area contributed by atoms with Crippen molar-refractivity contribution in [3.63, 3.8) is 0 Å². The third kappa shape index (κ3) is 4.22. The lowest BCUT2D eigenvalue weighted by molar-refractivity contribution is -0.132. The van der Waals surface area contributed by atoms with E-state index < -0.39 is 0 Å². The molecule has 0 N–H and O–H groups in total. The van der Waals surface area contributed by atoms with Crippen molar-refractivity contribution >= 4 is 17.7 Å². The molecule has 3 heterocycles. The molecule has 3 aliphatic rings. The first-order chi connectivity index (χ1) is 12.3. The molecule has 1 aromatic rings. The highest BCUT2D eigenvalue weighted by molar-refractivity contribution is 7.99. The third-order valence-corrected chi connectivity index (χ3v) is 7.47. The minimum atomic E-state index is 0.365. The van der Waals surface area contributed by atoms with E-state index in [1.165, 1.54) is 55.0 Å². The molecule has 3 nitrogen and oxygen atoms in total. The van der Waals surface area contributed by atoms with E-state index in [0.717, 1.165) is 44.3 Å². The maximum absolute atomic E-state index is 12.6. The van der Waals surface area contributed by atoms with Crippen LogP contribution in [-0.2, 0) is 17.8 Å². The van der Waals surface area contributed by atoms with Crippen molar-refractivity contribution in [3.05, 3.63) is 35.4 Å². The first kappa shape index (κ1) is 17.4. The van der Waals surface area contributed by atoms with Gasteiger partial charge < -0.3 is 4.90 Å². The summed E-state index contributed by atoms with van der Waals surface area (Å²) in [6.45, 7) is 4.21. The number of likely N-dealkylation sites (tertiary alicyclic amines) is 1. The van der Waals surface area contributed by atoms with Crippen LogP contribution in [0.3, 0.4) is 0 Å². The van der Waals surface area contributed by atoms with Crippen LogP contribution in [0.2, 0.25) is 0 Å². The molecule has 1 atom stereocenters. The number of piperidine rings is 1. The number of hydrogen-bond donors (Lipinski definition) is 0. The second-order valence-corrected chi connectivity index (χ2v) is 9.02. The number of rotatable bonds is 4. The summed E-state index contributed by atoms with van der Waals surface area (Å²) in [5.74, 6) is 3.80. The minimum absolute atomic E-state index is 0.365. The Kier molecular flexibility index (Phi) is 5.66. The number of fused-ring (bicyclic) bond motifs is 1. The molecule has 0 aliphatic carbocycles. The first-order valence-corrected chi connectivity index (χ1v) is 11.1. The van der Waals surface area contributed by atoms with Gasteiger partial charge in [-0.1, -0.05) is 24.3 Å². The van der Waals surface area contributed by atoms with Gasteiger partial charge in [-0.3, -0.25) is 9.69 Å². The second-order valence-electron chi connectivity index (χ2n) is 7.87. The molecule has 136 valence electrons. The normalized spacial score (nSPS) is 25.1. The zero-order valence-electron chi connectivity index (χ0n) is 15.2. The fourth-order valence-corrected chi connectivity index (χ4v) is 5.87. The van der Waals surface area contributed by atoms with Gasteiger partial charge in [0.2, 0.25) is 5.91 Å². The predicted octanol–water partition coefficient (Wildman–Crippen LogP) is 3.57. The summed E-state index contributed by atoms with van der Waals surface area (Å²) in [6.07, 6.45) is 6.80. The van der Waals surface area contributed by atoms with Crippen LogP contribution in [0.25, 0.3) is 0 Å². The van der Waals surface area contributed by atoms with Crippen molar-refractivity contribution in [2.24, 2.45) is 5.92 Å². The number of amides is 1. The van der Waals surface area contributed by atoms with Gasteiger partial charge in [-0.15, -0.1) is 0 Å². The maximum Gasteiger partial charge on any atom is 0.222 e. The van der Waals surface area contributed by atoms with Gasteiger partial charge in [0.15, 0.2) is 0 Å². The molecule has 0 aromatic heterocycles. The van der Waals surface area contributed by atoms with E-state index >= 15 is 0 Å². The summed E-state index contributed by atoms with van der Waals surface area (Å²) >= 11 is 2.11. The van der Waals surface area contributed by atoms with Crippen molar-refractivity contribution in [1.82, 2.24) is 9.80 Å². The first-order valence-electron chi connectivity index (χ1n) is 9.96. The Labute approximate surface area is 156 Å². The van der Waals surface area contributed by atoms with Gasteiger partial charge in [0.25, 0.3) is 0 Å². The number of thioether (sulfide) groups is 1. The lowest BCUT2D eigenvalue weighted by Gasteiger charge is -2.36. The SMILES string of the molecule is O=C(CCC1CCN(C2CCSC2)CC1)N1CCc2ccccc2C1. The molecule has 1 amide bonds. The molecule has 25 heavy (non-hydrogen) atoms. The molecule has 0 radical (unpaired) electrons. The molecule has 2 fully saturated rings. The van der Waals surface area contributed by atoms with Crippen LogP contribution < -0.4 is 0 Å². The molecule has 4 rings (SSSR count). The Morgan fingerprint density at radius 2 is 1.88 bits per heavy atom. The molecule has 0 saturated carbocycles. The monoisotopic (exact) mass is 358 g/mol. The van der Waals surface area contributed by atoms with E-state index in [9.17, 15) is 4.79 Å². The lowest BCUT2D eigenvalue weighted by atomic mass is 9.91. The number of benzene rings is 1. The molecule has 1 unspecified atom stereocenters. The highest BCUT2D eigenvalue weighted by Crippen LogP contribution is 2.29. The predicted molar refractivity (Wildman–Crippen MR) is 105 cm³/mol. The summed E-state index contributed by atoms with van der Waals surface area (Å²) in [4.78, 5) is 17.4. The Hall–Kier alpha value is -1.00. The Bertz CT molecular complexity index is 591. The van der Waals surface area contributed by atoms with Gasteiger partial charge in [-0.05, 0) is 68.0 Å². The van der Waals surface area contributed by atoms with Crippen LogP contribution in [-0.4, -0.2) is 52.9 Å². The van der Waals surface area contributed by atoms with E-state index in [-0.39, 0.29) is 0 Å². The summed E-state index contributed by atoms with van der Waals surface area (Å²) in [5, 5.41) is 0. The van der Waals surface area contributed by atoms with Crippen molar-refractivity contribution in [1.29, 1.82) is 0 Å². The minimum Gasteiger partial charge on any atom is -0.338 e. The zero-order chi connectivity index (χ0) is 17.1. The largest absolute Gasteiger partial charge is 0.338 e. The van der Waals surface area contributed by atoms with Gasteiger partial charge in [-0.25, -0.2) is 0 Å². The van der Waals surface area contributed by atoms with Crippen LogP contribution >= 0.6 is 11.8 Å². The van der Waals surface area contributed by atoms with Crippen LogP contribution in [0.1, 0.15) is 43.2 Å². The number of nitrogens with zero attached hydrogens (tertiary/aromatic N) is 2. The average Bonchev–Trinajstić information content (AvgIpc) is 3.21. The molecule has 1 aromatic carbocycles. The summed E-state index contributed by atoms with van der Waals surface area (Å²) in [7, 11) is 0. The molecule has 4 heteroatoms. The fourth-order valence-electron chi connectivity index (χ4n) is 4.61. The van der Waals surface area contributed by atoms with Gasteiger partial charge in [-0.2, -0.15) is 11.8 Å². The van der Waals surface area contributed by atoms with E-state index in [2.05, 4.69) is 45.8 Å². The summed E-state index contributed by atoms with van der Waals surface area (Å²) in [5.41, 5.74) is 2.76. The lowest BCUT2D eigenvalue weighted by Crippen LogP contribution is -2.41. The smallest absolute Gasteiger partial charge is 0.222 e. The van der Waals surface area contributed by atoms with Crippen molar-refractivity contribution in [3.8, 4) is 0 Å². The van der Waals surface area contributed by atoms with Crippen molar-refractivity contribution in [2.75, 3.05) is 31.1 Å². The molecular weight excluding hydrogens is 328 g/mol. The zero-order valence-corrected chi connectivity index (χ0v) is 16.0. The van der Waals surface area contributed by atoms with E-state index in [4.69, 9.17) is 0 Å². The van der Waals surface area contributed by atoms with Gasteiger partial charge in [0, 0.05) is 31.3 Å². The topological polar surface area (TPSA) is 23.6 Å². The van der Waals surface area contributed by atoms with Crippen molar-refractivity contribution in [2.45, 2.75) is 51.1 Å². The second kappa shape index (κ2) is 8.13. The molecule has 3 aliphatic heterocycles. The van der Waals surface area contributed by atoms with Crippen LogP contribution in [0.4, 0.5) is 0 Å². The van der Waals surface area contributed by atoms with Crippen LogP contribution in [0.5, 0.6) is 0 Å². The quantitative estimate of drug-likeness (QED) is 0.822. The highest BCUT2D eigenvalue weighted by atomic mass is 32.2. The van der Waals surface area contributed by atoms with Crippen LogP contribution in [0, 0.1) is 5.92 Å². The third-order valence-electron chi connectivity index (χ3n) is 6.32. The summed E-state index contributed by atoms with van der Waals surface area (Å²) in [6, 6.07) is 9.40. The molecular formula is C21H30N2OS. The summed E-state index contributed by atoms with van der Waals surface area (Å²) < 4.78 is 0. The Morgan fingerprint density at radius 1 is 1.08 bits per heavy atom. The van der Waals surface area contributed by atoms with Gasteiger partial charge in [0.05, 0.1) is 0 Å². The van der Waals surface area contributed by atoms with Gasteiger partial charge >= 0.3 is 0 Å². The van der Waals surface area contributed by atoms with Crippen LogP contribution in [0.15, 0.2) is 24.3 Å². The highest BCUT2D eigenvalue weighted by Gasteiger charge is 2.28. The Morgan fingerprint density at radius 3 is 2.64 bits per heavy atom. The molecule has 2 saturated heterocycles. The molecule has 0 spiro atoms. The average molecular weight is 359 g/mol. The van der Waals surface area contributed by atoms with Crippen molar-refractivity contribution < 1.29 is 4.79 Å². The molecule has 0 bridgehead atoms. The van der Waals surface area contributed by atoms with Gasteiger partial charge in [0.1, 0.15) is 0 Å². The number of hydrogen-bond acceptors (Lipinski definition) is 3. The number of carbonyl (C=O) groups excluding carboxylic acids is 1. The van der Waals surface area contributed by atoms with E-state index in [1.807, 2.05) is 0 Å². The Balaban J connectivity index is 1.21. The standard InChI is InChI=1S/C21H30N2OS/c24-21(23-13-9-18-3-1-2-4-19(18)15-23)6-5-17-7-11-22(12-8-17)20-10-14-25-16-20/h1-4,17,20H,5-16H2.